The van der Waals surface area contributed by atoms with Gasteiger partial charge < -0.3 is 9.80 Å². The zero-order valence-corrected chi connectivity index (χ0v) is 15.2. The number of carbonyl (C=O) groups excluding carboxylic acids is 1. The molecule has 1 fully saturated rings. The number of rotatable bonds is 2. The summed E-state index contributed by atoms with van der Waals surface area (Å²) in [6, 6.07) is 6.64. The van der Waals surface area contributed by atoms with Gasteiger partial charge in [-0.3, -0.25) is 4.79 Å². The maximum atomic E-state index is 13.1. The van der Waals surface area contributed by atoms with Crippen molar-refractivity contribution in [2.45, 2.75) is 32.1 Å². The molecule has 1 aliphatic heterocycles. The number of amides is 1. The zero-order valence-electron chi connectivity index (χ0n) is 14.3. The van der Waals surface area contributed by atoms with Crippen LogP contribution >= 0.6 is 11.3 Å². The van der Waals surface area contributed by atoms with Crippen molar-refractivity contribution in [2.75, 3.05) is 31.1 Å². The van der Waals surface area contributed by atoms with Crippen LogP contribution in [0.2, 0.25) is 0 Å². The Morgan fingerprint density at radius 2 is 1.76 bits per heavy atom. The molecule has 4 rings (SSSR count). The Kier molecular flexibility index (Phi) is 4.75. The van der Waals surface area contributed by atoms with E-state index in [1.165, 1.54) is 35.4 Å². The number of benzene rings is 1. The van der Waals surface area contributed by atoms with Gasteiger partial charge >= 0.3 is 0 Å². The van der Waals surface area contributed by atoms with Crippen LogP contribution in [0, 0.1) is 5.82 Å². The van der Waals surface area contributed by atoms with E-state index in [2.05, 4.69) is 10.3 Å². The summed E-state index contributed by atoms with van der Waals surface area (Å²) in [5.41, 5.74) is 3.28. The Balaban J connectivity index is 1.46. The lowest BCUT2D eigenvalue weighted by atomic mass is 9.95. The van der Waals surface area contributed by atoms with Gasteiger partial charge in [-0.2, -0.15) is 0 Å². The summed E-state index contributed by atoms with van der Waals surface area (Å²) in [4.78, 5) is 18.7. The predicted molar refractivity (Wildman–Crippen MR) is 100 cm³/mol. The molecule has 0 atom stereocenters. The fraction of sp³-hybridized carbons (Fsp3) is 0.450. The summed E-state index contributed by atoms with van der Waals surface area (Å²) < 4.78 is 13.1. The second-order valence-corrected chi connectivity index (χ2v) is 7.83. The van der Waals surface area contributed by atoms with Crippen LogP contribution in [0.3, 0.4) is 0 Å². The highest BCUT2D eigenvalue weighted by atomic mass is 32.1. The minimum Gasteiger partial charge on any atom is -0.370 e. The molecule has 0 N–H and O–H groups in total. The first-order valence-electron chi connectivity index (χ1n) is 9.11. The summed E-state index contributed by atoms with van der Waals surface area (Å²) in [6.07, 6.45) is 5.57. The number of carbonyl (C=O) groups is 1. The normalized spacial score (nSPS) is 18.0. The highest BCUT2D eigenvalue weighted by Gasteiger charge is 2.25. The van der Waals surface area contributed by atoms with Gasteiger partial charge in [0.1, 0.15) is 5.82 Å². The van der Waals surface area contributed by atoms with Crippen LogP contribution in [-0.2, 0) is 12.8 Å². The smallest absolute Gasteiger partial charge is 0.255 e. The SMILES string of the molecule is O=C(c1csc2c1CCCC2)N1CCCN(c2ccc(F)cc2)CC1. The standard InChI is InChI=1S/C20H23FN2OS/c21-15-6-8-16(9-7-15)22-10-3-11-23(13-12-22)20(24)18-14-25-19-5-2-1-4-17(18)19/h6-9,14H,1-5,10-13H2. The van der Waals surface area contributed by atoms with E-state index in [0.29, 0.717) is 0 Å². The van der Waals surface area contributed by atoms with E-state index in [1.807, 2.05) is 17.0 Å². The summed E-state index contributed by atoms with van der Waals surface area (Å²) in [6.45, 7) is 3.21. The van der Waals surface area contributed by atoms with Crippen molar-refractivity contribution in [1.29, 1.82) is 0 Å². The van der Waals surface area contributed by atoms with Gasteiger partial charge in [-0.1, -0.05) is 0 Å². The van der Waals surface area contributed by atoms with E-state index in [-0.39, 0.29) is 11.7 Å². The molecule has 0 spiro atoms. The van der Waals surface area contributed by atoms with Crippen molar-refractivity contribution in [3.63, 3.8) is 0 Å². The molecule has 3 nitrogen and oxygen atoms in total. The maximum Gasteiger partial charge on any atom is 0.255 e. The van der Waals surface area contributed by atoms with Crippen molar-refractivity contribution < 1.29 is 9.18 Å². The van der Waals surface area contributed by atoms with Gasteiger partial charge in [0.05, 0.1) is 5.56 Å². The molecule has 1 aromatic heterocycles. The minimum absolute atomic E-state index is 0.195. The highest BCUT2D eigenvalue weighted by molar-refractivity contribution is 7.10. The third kappa shape index (κ3) is 3.43. The van der Waals surface area contributed by atoms with Crippen molar-refractivity contribution in [3.05, 3.63) is 51.5 Å². The van der Waals surface area contributed by atoms with Crippen molar-refractivity contribution in [2.24, 2.45) is 0 Å². The molecular weight excluding hydrogens is 335 g/mol. The first kappa shape index (κ1) is 16.6. The van der Waals surface area contributed by atoms with E-state index in [0.717, 1.165) is 56.7 Å². The molecule has 2 aromatic rings. The summed E-state index contributed by atoms with van der Waals surface area (Å²) in [5, 5.41) is 2.07. The Hall–Kier alpha value is -1.88. The quantitative estimate of drug-likeness (QED) is 0.806. The number of nitrogens with zero attached hydrogens (tertiary/aromatic N) is 2. The lowest BCUT2D eigenvalue weighted by Crippen LogP contribution is -2.35. The van der Waals surface area contributed by atoms with Crippen molar-refractivity contribution in [3.8, 4) is 0 Å². The van der Waals surface area contributed by atoms with E-state index >= 15 is 0 Å². The fourth-order valence-electron chi connectivity index (χ4n) is 3.87. The average Bonchev–Trinajstić information content (AvgIpc) is 2.91. The highest BCUT2D eigenvalue weighted by Crippen LogP contribution is 2.31. The molecule has 25 heavy (non-hydrogen) atoms. The molecule has 2 heterocycles. The second kappa shape index (κ2) is 7.16. The lowest BCUT2D eigenvalue weighted by Gasteiger charge is -2.24. The Morgan fingerprint density at radius 3 is 2.60 bits per heavy atom. The van der Waals surface area contributed by atoms with Crippen LogP contribution in [0.1, 0.15) is 40.1 Å². The summed E-state index contributed by atoms with van der Waals surface area (Å²) >= 11 is 1.75. The number of hydrogen-bond acceptors (Lipinski definition) is 3. The van der Waals surface area contributed by atoms with Crippen LogP contribution in [0.4, 0.5) is 10.1 Å². The molecule has 1 aromatic carbocycles. The Labute approximate surface area is 152 Å². The monoisotopic (exact) mass is 358 g/mol. The van der Waals surface area contributed by atoms with E-state index in [4.69, 9.17) is 0 Å². The molecule has 1 aliphatic carbocycles. The van der Waals surface area contributed by atoms with Crippen LogP contribution < -0.4 is 4.90 Å². The number of anilines is 1. The molecule has 1 amide bonds. The summed E-state index contributed by atoms with van der Waals surface area (Å²) in [7, 11) is 0. The van der Waals surface area contributed by atoms with Gasteiger partial charge in [-0.25, -0.2) is 4.39 Å². The molecule has 2 aliphatic rings. The number of aryl methyl sites for hydroxylation is 1. The number of fused-ring (bicyclic) bond motifs is 1. The van der Waals surface area contributed by atoms with Gasteiger partial charge in [0, 0.05) is 42.1 Å². The number of hydrogen-bond donors (Lipinski definition) is 0. The van der Waals surface area contributed by atoms with Crippen LogP contribution in [-0.4, -0.2) is 37.0 Å². The average molecular weight is 358 g/mol. The topological polar surface area (TPSA) is 23.6 Å². The fourth-order valence-corrected chi connectivity index (χ4v) is 4.99. The summed E-state index contributed by atoms with van der Waals surface area (Å²) in [5.74, 6) is -0.0158. The molecule has 0 saturated carbocycles. The van der Waals surface area contributed by atoms with E-state index in [9.17, 15) is 9.18 Å². The largest absolute Gasteiger partial charge is 0.370 e. The van der Waals surface area contributed by atoms with Gasteiger partial charge in [-0.05, 0) is 61.9 Å². The number of thiophene rings is 1. The molecule has 0 bridgehead atoms. The van der Waals surface area contributed by atoms with E-state index < -0.39 is 0 Å². The van der Waals surface area contributed by atoms with Gasteiger partial charge in [0.15, 0.2) is 0 Å². The maximum absolute atomic E-state index is 13.1. The van der Waals surface area contributed by atoms with Crippen molar-refractivity contribution in [1.82, 2.24) is 4.90 Å². The van der Waals surface area contributed by atoms with Gasteiger partial charge in [-0.15, -0.1) is 11.3 Å². The van der Waals surface area contributed by atoms with E-state index in [1.54, 1.807) is 11.3 Å². The van der Waals surface area contributed by atoms with Gasteiger partial charge in [0.2, 0.25) is 0 Å². The third-order valence-corrected chi connectivity index (χ3v) is 6.36. The Bertz CT molecular complexity index is 756. The molecule has 132 valence electrons. The lowest BCUT2D eigenvalue weighted by molar-refractivity contribution is 0.0766. The molecule has 5 heteroatoms. The predicted octanol–water partition coefficient (Wildman–Crippen LogP) is 4.12. The molecule has 0 radical (unpaired) electrons. The van der Waals surface area contributed by atoms with Crippen LogP contribution in [0.5, 0.6) is 0 Å². The van der Waals surface area contributed by atoms with Gasteiger partial charge in [0.25, 0.3) is 5.91 Å². The molecule has 1 saturated heterocycles. The van der Waals surface area contributed by atoms with Crippen molar-refractivity contribution >= 4 is 22.9 Å². The molecular formula is C20H23FN2OS. The second-order valence-electron chi connectivity index (χ2n) is 6.87. The molecule has 0 unspecified atom stereocenters. The van der Waals surface area contributed by atoms with Crippen LogP contribution in [0.25, 0.3) is 0 Å². The van der Waals surface area contributed by atoms with Crippen LogP contribution in [0.15, 0.2) is 29.6 Å². The first-order chi connectivity index (χ1) is 12.2. The number of halogens is 1. The zero-order chi connectivity index (χ0) is 17.2. The minimum atomic E-state index is -0.211. The third-order valence-electron chi connectivity index (χ3n) is 5.27. The first-order valence-corrected chi connectivity index (χ1v) is 9.99. The Morgan fingerprint density at radius 1 is 0.960 bits per heavy atom.